The quantitative estimate of drug-likeness (QED) is 0.705. The fourth-order valence-electron chi connectivity index (χ4n) is 1.06. The molecule has 12 heavy (non-hydrogen) atoms. The molecule has 1 rings (SSSR count). The maximum Gasteiger partial charge on any atom is 0.522 e. The molecule has 1 aliphatic carbocycles. The minimum Gasteiger partial charge on any atom is -0.481 e. The van der Waals surface area contributed by atoms with Crippen LogP contribution in [0.5, 0.6) is 0 Å². The third-order valence-electron chi connectivity index (χ3n) is 1.81. The summed E-state index contributed by atoms with van der Waals surface area (Å²) in [6.07, 6.45) is -5.49. The molecule has 0 heterocycles. The van der Waals surface area contributed by atoms with Crippen LogP contribution >= 0.6 is 0 Å². The molecule has 0 saturated heterocycles. The summed E-state index contributed by atoms with van der Waals surface area (Å²) in [7, 11) is 0. The van der Waals surface area contributed by atoms with E-state index in [-0.39, 0.29) is 12.8 Å². The lowest BCUT2D eigenvalue weighted by Gasteiger charge is -2.33. The summed E-state index contributed by atoms with van der Waals surface area (Å²) < 4.78 is 38.2. The van der Waals surface area contributed by atoms with Crippen molar-refractivity contribution in [3.63, 3.8) is 0 Å². The van der Waals surface area contributed by atoms with Crippen molar-refractivity contribution in [3.8, 4) is 0 Å². The first-order valence-corrected chi connectivity index (χ1v) is 3.37. The zero-order valence-electron chi connectivity index (χ0n) is 5.97. The van der Waals surface area contributed by atoms with Gasteiger partial charge in [0.1, 0.15) is 0 Å². The third kappa shape index (κ3) is 2.10. The summed E-state index contributed by atoms with van der Waals surface area (Å²) in [6, 6.07) is 0. The van der Waals surface area contributed by atoms with E-state index in [0.717, 1.165) is 0 Å². The largest absolute Gasteiger partial charge is 0.522 e. The van der Waals surface area contributed by atoms with Crippen molar-refractivity contribution in [3.05, 3.63) is 0 Å². The second kappa shape index (κ2) is 2.93. The first kappa shape index (κ1) is 9.31. The molecular weight excluding hydrogens is 177 g/mol. The van der Waals surface area contributed by atoms with E-state index in [0.29, 0.717) is 0 Å². The van der Waals surface area contributed by atoms with E-state index in [2.05, 4.69) is 4.74 Å². The Morgan fingerprint density at radius 1 is 1.42 bits per heavy atom. The predicted molar refractivity (Wildman–Crippen MR) is 31.3 cm³/mol. The van der Waals surface area contributed by atoms with Crippen molar-refractivity contribution >= 4 is 5.97 Å². The normalized spacial score (nSPS) is 29.6. The highest BCUT2D eigenvalue weighted by atomic mass is 19.4. The number of carboxylic acid groups (broad SMARTS) is 1. The van der Waals surface area contributed by atoms with Crippen LogP contribution in [0.15, 0.2) is 0 Å². The number of aliphatic carboxylic acids is 1. The molecule has 0 aliphatic heterocycles. The van der Waals surface area contributed by atoms with E-state index in [1.54, 1.807) is 0 Å². The molecule has 0 radical (unpaired) electrons. The van der Waals surface area contributed by atoms with Crippen molar-refractivity contribution < 1.29 is 27.8 Å². The second-order valence-electron chi connectivity index (χ2n) is 2.62. The molecule has 0 aromatic rings. The lowest BCUT2D eigenvalue weighted by Crippen LogP contribution is -2.42. The van der Waals surface area contributed by atoms with Crippen molar-refractivity contribution in [1.82, 2.24) is 0 Å². The molecule has 6 heteroatoms. The average molecular weight is 184 g/mol. The molecule has 0 amide bonds. The molecule has 1 N–H and O–H groups in total. The van der Waals surface area contributed by atoms with Crippen LogP contribution in [-0.4, -0.2) is 23.5 Å². The molecule has 0 aromatic carbocycles. The highest BCUT2D eigenvalue weighted by Crippen LogP contribution is 2.35. The average Bonchev–Trinajstić information content (AvgIpc) is 1.77. The van der Waals surface area contributed by atoms with Crippen LogP contribution in [0, 0.1) is 5.92 Å². The molecule has 0 aromatic heterocycles. The monoisotopic (exact) mass is 184 g/mol. The number of halogens is 3. The Labute approximate surface area is 66.1 Å². The molecule has 2 unspecified atom stereocenters. The molecule has 0 spiro atoms. The Balaban J connectivity index is 2.40. The van der Waals surface area contributed by atoms with E-state index in [4.69, 9.17) is 5.11 Å². The lowest BCUT2D eigenvalue weighted by atomic mass is 9.82. The predicted octanol–water partition coefficient (Wildman–Crippen LogP) is 1.39. The molecule has 1 saturated carbocycles. The van der Waals surface area contributed by atoms with Crippen LogP contribution in [-0.2, 0) is 9.53 Å². The highest BCUT2D eigenvalue weighted by Gasteiger charge is 2.44. The van der Waals surface area contributed by atoms with Crippen LogP contribution < -0.4 is 0 Å². The van der Waals surface area contributed by atoms with E-state index in [9.17, 15) is 18.0 Å². The lowest BCUT2D eigenvalue weighted by molar-refractivity contribution is -0.356. The Morgan fingerprint density at radius 2 is 2.00 bits per heavy atom. The molecule has 70 valence electrons. The van der Waals surface area contributed by atoms with E-state index in [1.807, 2.05) is 0 Å². The molecule has 1 fully saturated rings. The zero-order chi connectivity index (χ0) is 9.35. The number of hydrogen-bond donors (Lipinski definition) is 1. The summed E-state index contributed by atoms with van der Waals surface area (Å²) in [6.45, 7) is 0. The SMILES string of the molecule is O=C(O)C1CCC1OC(F)(F)F. The van der Waals surface area contributed by atoms with E-state index in [1.165, 1.54) is 0 Å². The van der Waals surface area contributed by atoms with E-state index >= 15 is 0 Å². The number of alkyl halides is 3. The maximum atomic E-state index is 11.5. The topological polar surface area (TPSA) is 46.5 Å². The minimum absolute atomic E-state index is 0.163. The second-order valence-corrected chi connectivity index (χ2v) is 2.62. The molecule has 1 aliphatic rings. The zero-order valence-corrected chi connectivity index (χ0v) is 5.97. The first-order valence-electron chi connectivity index (χ1n) is 3.37. The van der Waals surface area contributed by atoms with Gasteiger partial charge in [-0.1, -0.05) is 0 Å². The van der Waals surface area contributed by atoms with Crippen LogP contribution in [0.1, 0.15) is 12.8 Å². The van der Waals surface area contributed by atoms with Crippen molar-refractivity contribution in [2.75, 3.05) is 0 Å². The van der Waals surface area contributed by atoms with Gasteiger partial charge in [-0.05, 0) is 12.8 Å². The third-order valence-corrected chi connectivity index (χ3v) is 1.81. The minimum atomic E-state index is -4.72. The molecule has 2 atom stereocenters. The fraction of sp³-hybridized carbons (Fsp3) is 0.833. The smallest absolute Gasteiger partial charge is 0.481 e. The van der Waals surface area contributed by atoms with Crippen LogP contribution in [0.2, 0.25) is 0 Å². The summed E-state index contributed by atoms with van der Waals surface area (Å²) >= 11 is 0. The summed E-state index contributed by atoms with van der Waals surface area (Å²) in [5, 5.41) is 8.35. The van der Waals surface area contributed by atoms with Crippen molar-refractivity contribution in [2.24, 2.45) is 5.92 Å². The van der Waals surface area contributed by atoms with Gasteiger partial charge in [0, 0.05) is 0 Å². The van der Waals surface area contributed by atoms with Crippen molar-refractivity contribution in [2.45, 2.75) is 25.3 Å². The first-order chi connectivity index (χ1) is 5.40. The Morgan fingerprint density at radius 3 is 2.25 bits per heavy atom. The fourth-order valence-corrected chi connectivity index (χ4v) is 1.06. The van der Waals surface area contributed by atoms with Gasteiger partial charge in [0.15, 0.2) is 0 Å². The van der Waals surface area contributed by atoms with Gasteiger partial charge in [-0.25, -0.2) is 0 Å². The van der Waals surface area contributed by atoms with Gasteiger partial charge in [-0.2, -0.15) is 0 Å². The Bertz CT molecular complexity index is 189. The van der Waals surface area contributed by atoms with Crippen molar-refractivity contribution in [1.29, 1.82) is 0 Å². The standard InChI is InChI=1S/C6H7F3O3/c7-6(8,9)12-4-2-1-3(4)5(10)11/h3-4H,1-2H2,(H,10,11). The van der Waals surface area contributed by atoms with Gasteiger partial charge in [0.2, 0.25) is 0 Å². The Hall–Kier alpha value is -0.780. The van der Waals surface area contributed by atoms with Gasteiger partial charge in [0.25, 0.3) is 0 Å². The number of carbonyl (C=O) groups is 1. The number of rotatable bonds is 2. The summed E-state index contributed by atoms with van der Waals surface area (Å²) in [5.41, 5.74) is 0. The molecule has 3 nitrogen and oxygen atoms in total. The van der Waals surface area contributed by atoms with Crippen LogP contribution in [0.4, 0.5) is 13.2 Å². The summed E-state index contributed by atoms with van der Waals surface area (Å²) in [4.78, 5) is 10.2. The Kier molecular flexibility index (Phi) is 2.27. The maximum absolute atomic E-state index is 11.5. The van der Waals surface area contributed by atoms with Gasteiger partial charge in [-0.3, -0.25) is 9.53 Å². The number of hydrogen-bond acceptors (Lipinski definition) is 2. The van der Waals surface area contributed by atoms with Gasteiger partial charge in [-0.15, -0.1) is 13.2 Å². The van der Waals surface area contributed by atoms with Gasteiger partial charge in [0.05, 0.1) is 12.0 Å². The van der Waals surface area contributed by atoms with Gasteiger partial charge >= 0.3 is 12.3 Å². The summed E-state index contributed by atoms with van der Waals surface area (Å²) in [5.74, 6) is -2.22. The highest BCUT2D eigenvalue weighted by molar-refractivity contribution is 5.71. The van der Waals surface area contributed by atoms with Crippen LogP contribution in [0.3, 0.4) is 0 Å². The molecular formula is C6H7F3O3. The van der Waals surface area contributed by atoms with Gasteiger partial charge < -0.3 is 5.11 Å². The number of ether oxygens (including phenoxy) is 1. The molecule has 0 bridgehead atoms. The van der Waals surface area contributed by atoms with E-state index < -0.39 is 24.4 Å². The number of carboxylic acids is 1. The van der Waals surface area contributed by atoms with Crippen LogP contribution in [0.25, 0.3) is 0 Å².